The summed E-state index contributed by atoms with van der Waals surface area (Å²) in [6.45, 7) is 8.90. The maximum absolute atomic E-state index is 12.9. The minimum Gasteiger partial charge on any atom is -0.465 e. The summed E-state index contributed by atoms with van der Waals surface area (Å²) < 4.78 is 17.4. The van der Waals surface area contributed by atoms with Gasteiger partial charge in [-0.25, -0.2) is 0 Å². The molecule has 0 radical (unpaired) electrons. The highest BCUT2D eigenvalue weighted by atomic mass is 16.6. The largest absolute Gasteiger partial charge is 0.465 e. The van der Waals surface area contributed by atoms with E-state index in [1.54, 1.807) is 0 Å². The molecule has 6 nitrogen and oxygen atoms in total. The summed E-state index contributed by atoms with van der Waals surface area (Å²) in [5.41, 5.74) is -0.768. The number of allylic oxidation sites excluding steroid dienone is 12. The molecule has 0 aromatic heterocycles. The molecule has 0 unspecified atom stereocenters. The number of unbranched alkanes of at least 4 members (excludes halogenated alkanes) is 24. The fraction of sp³-hybridized carbons (Fsp3) is 0.750. The molecule has 0 aromatic rings. The first kappa shape index (κ1) is 62.8. The standard InChI is InChI=1S/C60H104O6/c1-5-9-12-15-18-21-24-27-30-33-36-39-42-45-48-51-57(61)64-54-60(8-4,55-65-58(62)52-49-46-43-40-37-34-31-28-25-22-19-16-13-10-6-2)56-66-59(63)53-50-47-44-41-38-35-32-29-26-23-20-17-14-11-7-3/h18-23,27-32H,5-17,24-26,33-56H2,1-4H3. The first-order valence-corrected chi connectivity index (χ1v) is 27.8. The molecule has 0 spiro atoms. The Kier molecular flexibility index (Phi) is 48.8. The van der Waals surface area contributed by atoms with Gasteiger partial charge in [0.2, 0.25) is 0 Å². The van der Waals surface area contributed by atoms with E-state index in [0.717, 1.165) is 116 Å². The number of carbonyl (C=O) groups is 3. The van der Waals surface area contributed by atoms with Crippen LogP contribution in [0.1, 0.15) is 265 Å². The lowest BCUT2D eigenvalue weighted by atomic mass is 9.88. The van der Waals surface area contributed by atoms with Crippen LogP contribution in [-0.2, 0) is 28.6 Å². The van der Waals surface area contributed by atoms with Gasteiger partial charge in [-0.3, -0.25) is 14.4 Å². The molecule has 0 aliphatic carbocycles. The lowest BCUT2D eigenvalue weighted by Crippen LogP contribution is -2.39. The summed E-state index contributed by atoms with van der Waals surface area (Å²) in [7, 11) is 0. The van der Waals surface area contributed by atoms with E-state index in [1.165, 1.54) is 96.3 Å². The van der Waals surface area contributed by atoms with Crippen LogP contribution < -0.4 is 0 Å². The molecule has 0 aromatic carbocycles. The van der Waals surface area contributed by atoms with E-state index in [0.29, 0.717) is 25.7 Å². The number of hydrogen-bond acceptors (Lipinski definition) is 6. The zero-order valence-corrected chi connectivity index (χ0v) is 43.7. The summed E-state index contributed by atoms with van der Waals surface area (Å²) in [6, 6.07) is 0. The first-order chi connectivity index (χ1) is 32.4. The zero-order valence-electron chi connectivity index (χ0n) is 43.7. The molecule has 0 N–H and O–H groups in total. The Hall–Kier alpha value is -3.15. The topological polar surface area (TPSA) is 78.9 Å². The summed E-state index contributed by atoms with van der Waals surface area (Å²) in [5, 5.41) is 0. The lowest BCUT2D eigenvalue weighted by Gasteiger charge is -2.31. The normalized spacial score (nSPS) is 13.1. The van der Waals surface area contributed by atoms with E-state index in [9.17, 15) is 14.4 Å². The van der Waals surface area contributed by atoms with Gasteiger partial charge in [-0.1, -0.05) is 197 Å². The second kappa shape index (κ2) is 51.2. The molecule has 0 amide bonds. The average molecular weight is 921 g/mol. The van der Waals surface area contributed by atoms with Crippen molar-refractivity contribution in [1.82, 2.24) is 0 Å². The second-order valence-corrected chi connectivity index (χ2v) is 18.8. The average Bonchev–Trinajstić information content (AvgIpc) is 3.32. The molecule has 0 saturated heterocycles. The van der Waals surface area contributed by atoms with Crippen LogP contribution in [0.2, 0.25) is 0 Å². The van der Waals surface area contributed by atoms with Crippen molar-refractivity contribution >= 4 is 17.9 Å². The molecule has 6 heteroatoms. The quantitative estimate of drug-likeness (QED) is 0.0262. The Morgan fingerprint density at radius 2 is 0.530 bits per heavy atom. The maximum atomic E-state index is 12.9. The van der Waals surface area contributed by atoms with E-state index < -0.39 is 5.41 Å². The predicted molar refractivity (Wildman–Crippen MR) is 284 cm³/mol. The summed E-state index contributed by atoms with van der Waals surface area (Å²) in [4.78, 5) is 38.7. The highest BCUT2D eigenvalue weighted by Gasteiger charge is 2.34. The third-order valence-electron chi connectivity index (χ3n) is 12.4. The van der Waals surface area contributed by atoms with Crippen LogP contribution in [0.15, 0.2) is 72.9 Å². The fourth-order valence-electron chi connectivity index (χ4n) is 7.59. The predicted octanol–water partition coefficient (Wildman–Crippen LogP) is 18.5. The highest BCUT2D eigenvalue weighted by Crippen LogP contribution is 2.26. The molecule has 0 saturated carbocycles. The van der Waals surface area contributed by atoms with Crippen molar-refractivity contribution in [2.45, 2.75) is 265 Å². The van der Waals surface area contributed by atoms with Gasteiger partial charge in [-0.05, 0) is 122 Å². The third kappa shape index (κ3) is 46.0. The van der Waals surface area contributed by atoms with E-state index in [4.69, 9.17) is 14.2 Å². The van der Waals surface area contributed by atoms with Crippen LogP contribution in [0.3, 0.4) is 0 Å². The smallest absolute Gasteiger partial charge is 0.305 e. The summed E-state index contributed by atoms with van der Waals surface area (Å²) in [5.74, 6) is -0.732. The maximum Gasteiger partial charge on any atom is 0.305 e. The van der Waals surface area contributed by atoms with Crippen molar-refractivity contribution in [3.63, 3.8) is 0 Å². The molecular formula is C60H104O6. The Balaban J connectivity index is 4.69. The van der Waals surface area contributed by atoms with E-state index in [2.05, 4.69) is 93.7 Å². The van der Waals surface area contributed by atoms with Gasteiger partial charge in [-0.2, -0.15) is 0 Å². The van der Waals surface area contributed by atoms with Crippen molar-refractivity contribution in [1.29, 1.82) is 0 Å². The summed E-state index contributed by atoms with van der Waals surface area (Å²) >= 11 is 0. The Bertz CT molecular complexity index is 1120. The molecular weight excluding hydrogens is 817 g/mol. The van der Waals surface area contributed by atoms with Crippen LogP contribution in [-0.4, -0.2) is 37.7 Å². The number of rotatable bonds is 49. The Morgan fingerprint density at radius 3 is 0.773 bits per heavy atom. The zero-order chi connectivity index (χ0) is 48.1. The third-order valence-corrected chi connectivity index (χ3v) is 12.4. The lowest BCUT2D eigenvalue weighted by molar-refractivity contribution is -0.162. The van der Waals surface area contributed by atoms with Crippen molar-refractivity contribution in [2.75, 3.05) is 19.8 Å². The number of hydrogen-bond donors (Lipinski definition) is 0. The molecule has 0 fully saturated rings. The molecule has 0 heterocycles. The van der Waals surface area contributed by atoms with Crippen molar-refractivity contribution < 1.29 is 28.6 Å². The van der Waals surface area contributed by atoms with Crippen molar-refractivity contribution in [3.8, 4) is 0 Å². The van der Waals surface area contributed by atoms with Gasteiger partial charge >= 0.3 is 17.9 Å². The van der Waals surface area contributed by atoms with E-state index in [-0.39, 0.29) is 37.7 Å². The van der Waals surface area contributed by atoms with Gasteiger partial charge in [0.25, 0.3) is 0 Å². The van der Waals surface area contributed by atoms with Gasteiger partial charge < -0.3 is 14.2 Å². The van der Waals surface area contributed by atoms with Gasteiger partial charge in [0.05, 0.1) is 5.41 Å². The molecule has 0 rings (SSSR count). The molecule has 66 heavy (non-hydrogen) atoms. The van der Waals surface area contributed by atoms with Gasteiger partial charge in [0.15, 0.2) is 0 Å². The molecule has 380 valence electrons. The van der Waals surface area contributed by atoms with Gasteiger partial charge in [0.1, 0.15) is 19.8 Å². The second-order valence-electron chi connectivity index (χ2n) is 18.8. The monoisotopic (exact) mass is 921 g/mol. The highest BCUT2D eigenvalue weighted by molar-refractivity contribution is 5.70. The first-order valence-electron chi connectivity index (χ1n) is 27.8. The fourth-order valence-corrected chi connectivity index (χ4v) is 7.59. The number of carbonyl (C=O) groups excluding carboxylic acids is 3. The van der Waals surface area contributed by atoms with E-state index >= 15 is 0 Å². The number of esters is 3. The van der Waals surface area contributed by atoms with Gasteiger partial charge in [-0.15, -0.1) is 0 Å². The van der Waals surface area contributed by atoms with E-state index in [1.807, 2.05) is 6.92 Å². The SMILES string of the molecule is CCCCCC=CCC=CCCCCCCCC(=O)OCC(CC)(COC(=O)CCCCCCCC=CCC=CCCCCC)COC(=O)CCCCCCCC=CCC=CCCCCC. The Morgan fingerprint density at radius 1 is 0.303 bits per heavy atom. The molecule has 0 atom stereocenters. The number of ether oxygens (including phenoxy) is 3. The van der Waals surface area contributed by atoms with Crippen LogP contribution >= 0.6 is 0 Å². The molecule has 0 bridgehead atoms. The van der Waals surface area contributed by atoms with Crippen LogP contribution in [0.25, 0.3) is 0 Å². The van der Waals surface area contributed by atoms with Crippen LogP contribution in [0.5, 0.6) is 0 Å². The molecule has 0 aliphatic heterocycles. The van der Waals surface area contributed by atoms with Crippen molar-refractivity contribution in [3.05, 3.63) is 72.9 Å². The van der Waals surface area contributed by atoms with Gasteiger partial charge in [0, 0.05) is 19.3 Å². The summed E-state index contributed by atoms with van der Waals surface area (Å²) in [6.07, 6.45) is 66.3. The van der Waals surface area contributed by atoms with Crippen molar-refractivity contribution in [2.24, 2.45) is 5.41 Å². The Labute approximate surface area is 408 Å². The minimum absolute atomic E-state index is 0.0660. The van der Waals surface area contributed by atoms with Crippen LogP contribution in [0.4, 0.5) is 0 Å². The molecule has 0 aliphatic rings. The van der Waals surface area contributed by atoms with Crippen LogP contribution in [0, 0.1) is 5.41 Å². The minimum atomic E-state index is -0.768.